The van der Waals surface area contributed by atoms with Crippen molar-refractivity contribution in [2.75, 3.05) is 19.8 Å². The molecule has 1 saturated carbocycles. The molecule has 0 bridgehead atoms. The number of likely N-dealkylation sites (tertiary alicyclic amines) is 1. The summed E-state index contributed by atoms with van der Waals surface area (Å²) in [6.07, 6.45) is 4.10. The summed E-state index contributed by atoms with van der Waals surface area (Å²) in [5, 5.41) is 10.5. The lowest BCUT2D eigenvalue weighted by Crippen LogP contribution is -2.34. The summed E-state index contributed by atoms with van der Waals surface area (Å²) >= 11 is 12.5. The van der Waals surface area contributed by atoms with Gasteiger partial charge in [-0.05, 0) is 92.7 Å². The third-order valence-electron chi connectivity index (χ3n) is 9.32. The fraction of sp³-hybridized carbons (Fsp3) is 0.353. The summed E-state index contributed by atoms with van der Waals surface area (Å²) in [7, 11) is 0. The summed E-state index contributed by atoms with van der Waals surface area (Å²) in [4.78, 5) is 18.9. The molecule has 1 N–H and O–H groups in total. The number of para-hydroxylation sites is 1. The first-order valence-corrected chi connectivity index (χ1v) is 15.6. The highest BCUT2D eigenvalue weighted by Gasteiger charge is 2.44. The van der Waals surface area contributed by atoms with E-state index in [2.05, 4.69) is 4.90 Å². The Morgan fingerprint density at radius 2 is 1.86 bits per heavy atom. The number of hydrogen-bond donors (Lipinski definition) is 1. The van der Waals surface area contributed by atoms with Gasteiger partial charge in [-0.15, -0.1) is 0 Å². The van der Waals surface area contributed by atoms with Crippen LogP contribution in [0.4, 0.5) is 8.78 Å². The number of rotatable bonds is 8. The quantitative estimate of drug-likeness (QED) is 0.209. The van der Waals surface area contributed by atoms with Crippen molar-refractivity contribution in [3.63, 3.8) is 0 Å². The van der Waals surface area contributed by atoms with Crippen molar-refractivity contribution >= 4 is 46.0 Å². The van der Waals surface area contributed by atoms with E-state index in [1.54, 1.807) is 42.5 Å². The van der Waals surface area contributed by atoms with Crippen LogP contribution in [0.25, 0.3) is 16.9 Å². The fourth-order valence-electron chi connectivity index (χ4n) is 6.52. The molecule has 6 nitrogen and oxygen atoms in total. The third kappa shape index (κ3) is 5.48. The molecule has 0 radical (unpaired) electrons. The molecule has 0 amide bonds. The number of piperidine rings is 1. The summed E-state index contributed by atoms with van der Waals surface area (Å²) < 4.78 is 37.7. The monoisotopic (exact) mass is 637 g/mol. The maximum absolute atomic E-state index is 15.4. The van der Waals surface area contributed by atoms with Gasteiger partial charge in [0.15, 0.2) is 0 Å². The van der Waals surface area contributed by atoms with Gasteiger partial charge in [-0.1, -0.05) is 41.4 Å². The van der Waals surface area contributed by atoms with Crippen LogP contribution in [0.1, 0.15) is 70.6 Å². The van der Waals surface area contributed by atoms with E-state index in [0.717, 1.165) is 55.7 Å². The van der Waals surface area contributed by atoms with E-state index >= 15 is 4.39 Å². The van der Waals surface area contributed by atoms with Crippen LogP contribution < -0.4 is 4.74 Å². The summed E-state index contributed by atoms with van der Waals surface area (Å²) in [6.45, 7) is 2.23. The Kier molecular flexibility index (Phi) is 7.63. The number of aromatic nitrogens is 2. The predicted octanol–water partition coefficient (Wildman–Crippen LogP) is 8.61. The average Bonchev–Trinajstić information content (AvgIpc) is 3.72. The van der Waals surface area contributed by atoms with Crippen LogP contribution in [-0.4, -0.2) is 45.3 Å². The van der Waals surface area contributed by atoms with Gasteiger partial charge in [-0.25, -0.2) is 14.2 Å². The number of carbonyl (C=O) groups is 1. The number of ether oxygens (including phenoxy) is 1. The Morgan fingerprint density at radius 1 is 1.07 bits per heavy atom. The van der Waals surface area contributed by atoms with Gasteiger partial charge in [-0.2, -0.15) is 0 Å². The number of halogens is 4. The van der Waals surface area contributed by atoms with Gasteiger partial charge >= 0.3 is 5.97 Å². The van der Waals surface area contributed by atoms with Crippen molar-refractivity contribution in [3.05, 3.63) is 98.8 Å². The first-order valence-electron chi connectivity index (χ1n) is 14.9. The number of hydrogen-bond acceptors (Lipinski definition) is 4. The number of nitrogens with zero attached hydrogens (tertiary/aromatic N) is 3. The minimum Gasteiger partial charge on any atom is -0.480 e. The summed E-state index contributed by atoms with van der Waals surface area (Å²) in [5.41, 5.74) is 3.33. The second-order valence-corrected chi connectivity index (χ2v) is 13.1. The molecule has 3 aliphatic rings. The molecule has 44 heavy (non-hydrogen) atoms. The molecule has 0 spiro atoms. The van der Waals surface area contributed by atoms with Crippen molar-refractivity contribution in [2.24, 2.45) is 5.41 Å². The van der Waals surface area contributed by atoms with Crippen LogP contribution in [0, 0.1) is 5.41 Å². The van der Waals surface area contributed by atoms with E-state index < -0.39 is 24.2 Å². The zero-order valence-corrected chi connectivity index (χ0v) is 25.4. The lowest BCUT2D eigenvalue weighted by Gasteiger charge is -2.34. The Labute approximate surface area is 263 Å². The Balaban J connectivity index is 1.10. The zero-order valence-electron chi connectivity index (χ0n) is 23.9. The first kappa shape index (κ1) is 29.3. The van der Waals surface area contributed by atoms with Crippen LogP contribution in [-0.2, 0) is 13.1 Å². The zero-order chi connectivity index (χ0) is 30.6. The molecule has 228 valence electrons. The van der Waals surface area contributed by atoms with Crippen molar-refractivity contribution < 1.29 is 23.4 Å². The number of fused-ring (bicyclic) bond motifs is 2. The van der Waals surface area contributed by atoms with Crippen molar-refractivity contribution in [3.8, 4) is 5.75 Å². The van der Waals surface area contributed by atoms with Crippen molar-refractivity contribution in [1.82, 2.24) is 14.5 Å². The van der Waals surface area contributed by atoms with E-state index in [0.29, 0.717) is 45.5 Å². The molecule has 2 aliphatic heterocycles. The van der Waals surface area contributed by atoms with E-state index in [1.807, 2.05) is 16.7 Å². The van der Waals surface area contributed by atoms with Crippen LogP contribution in [0.15, 0.2) is 60.7 Å². The highest BCUT2D eigenvalue weighted by atomic mass is 35.5. The van der Waals surface area contributed by atoms with E-state index in [9.17, 15) is 14.3 Å². The van der Waals surface area contributed by atoms with Crippen LogP contribution >= 0.6 is 23.2 Å². The van der Waals surface area contributed by atoms with Gasteiger partial charge in [0.1, 0.15) is 23.5 Å². The van der Waals surface area contributed by atoms with Crippen LogP contribution in [0.2, 0.25) is 10.0 Å². The first-order chi connectivity index (χ1) is 21.2. The van der Waals surface area contributed by atoms with Crippen LogP contribution in [0.5, 0.6) is 5.75 Å². The second-order valence-electron chi connectivity index (χ2n) is 12.2. The van der Waals surface area contributed by atoms with Crippen molar-refractivity contribution in [2.45, 2.75) is 50.8 Å². The van der Waals surface area contributed by atoms with E-state index in [4.69, 9.17) is 32.9 Å². The Bertz CT molecular complexity index is 1790. The maximum atomic E-state index is 15.4. The van der Waals surface area contributed by atoms with Crippen LogP contribution in [0.3, 0.4) is 0 Å². The van der Waals surface area contributed by atoms with Gasteiger partial charge < -0.3 is 14.4 Å². The summed E-state index contributed by atoms with van der Waals surface area (Å²) in [5.74, 6) is 0.204. The lowest BCUT2D eigenvalue weighted by molar-refractivity contribution is 0.0697. The molecule has 1 atom stereocenters. The molecule has 2 fully saturated rings. The maximum Gasteiger partial charge on any atom is 0.335 e. The SMILES string of the molecule is O=C(O)c1ccc2nc(CN3CCC(c4cccc5c4OC(c4ccc(Cl)cc4Cl)C=C5F)CC3)n(CC3(CF)CC3)c2c1. The van der Waals surface area contributed by atoms with Gasteiger partial charge in [0.25, 0.3) is 0 Å². The van der Waals surface area contributed by atoms with Gasteiger partial charge in [-0.3, -0.25) is 9.29 Å². The minimum absolute atomic E-state index is 0.173. The normalized spacial score (nSPS) is 19.8. The second kappa shape index (κ2) is 11.5. The highest BCUT2D eigenvalue weighted by molar-refractivity contribution is 6.35. The van der Waals surface area contributed by atoms with Crippen molar-refractivity contribution in [1.29, 1.82) is 0 Å². The third-order valence-corrected chi connectivity index (χ3v) is 9.88. The number of benzene rings is 3. The number of carboxylic acid groups (broad SMARTS) is 1. The topological polar surface area (TPSA) is 67.6 Å². The Morgan fingerprint density at radius 3 is 2.57 bits per heavy atom. The number of imidazole rings is 1. The molecule has 3 aromatic carbocycles. The summed E-state index contributed by atoms with van der Waals surface area (Å²) in [6, 6.07) is 15.7. The highest BCUT2D eigenvalue weighted by Crippen LogP contribution is 2.49. The van der Waals surface area contributed by atoms with E-state index in [1.165, 1.54) is 6.08 Å². The van der Waals surface area contributed by atoms with E-state index in [-0.39, 0.29) is 17.3 Å². The molecule has 4 aromatic rings. The molecule has 10 heteroatoms. The van der Waals surface area contributed by atoms with Gasteiger partial charge in [0.05, 0.1) is 35.4 Å². The number of aromatic carboxylic acids is 1. The fourth-order valence-corrected chi connectivity index (χ4v) is 7.03. The molecule has 1 aromatic heterocycles. The molecular weight excluding hydrogens is 607 g/mol. The largest absolute Gasteiger partial charge is 0.480 e. The molecule has 7 rings (SSSR count). The molecule has 1 aliphatic carbocycles. The molecule has 3 heterocycles. The molecule has 1 unspecified atom stereocenters. The predicted molar refractivity (Wildman–Crippen MR) is 167 cm³/mol. The number of alkyl halides is 1. The molecule has 1 saturated heterocycles. The van der Waals surface area contributed by atoms with Gasteiger partial charge in [0, 0.05) is 27.6 Å². The lowest BCUT2D eigenvalue weighted by atomic mass is 9.86. The van der Waals surface area contributed by atoms with Gasteiger partial charge in [0.2, 0.25) is 0 Å². The smallest absolute Gasteiger partial charge is 0.335 e. The molecular formula is C34H31Cl2F2N3O3. The average molecular weight is 639 g/mol. The minimum atomic E-state index is -1.00. The Hall–Kier alpha value is -3.46. The number of carboxylic acids is 1. The standard InChI is InChI=1S/C34H31Cl2F2N3O3/c35-22-5-6-24(26(36)15-22)30-16-27(38)25-3-1-2-23(32(25)44-30)20-8-12-40(13-9-20)17-31-39-28-7-4-21(33(42)43)14-29(28)41(31)19-34(18-37)10-11-34/h1-7,14-16,20,30H,8-13,17-19H2,(H,42,43).